The van der Waals surface area contributed by atoms with Crippen LogP contribution in [0.15, 0.2) is 48.1 Å². The number of rotatable bonds is 0. The van der Waals surface area contributed by atoms with Crippen LogP contribution in [0.1, 0.15) is 17.5 Å². The zero-order chi connectivity index (χ0) is 8.67. The predicted molar refractivity (Wildman–Crippen MR) is 54.0 cm³/mol. The van der Waals surface area contributed by atoms with E-state index in [1.54, 1.807) is 0 Å². The lowest BCUT2D eigenvalue weighted by Gasteiger charge is -2.06. The fourth-order valence-electron chi connectivity index (χ4n) is 1.91. The van der Waals surface area contributed by atoms with Crippen molar-refractivity contribution in [2.45, 2.75) is 6.42 Å². The number of fused-ring (bicyclic) bond motifs is 3. The second-order valence-corrected chi connectivity index (χ2v) is 3.34. The van der Waals surface area contributed by atoms with Crippen molar-refractivity contribution in [1.29, 1.82) is 0 Å². The highest BCUT2D eigenvalue weighted by atomic mass is 14.2. The number of allylic oxidation sites excluding steroid dienone is 5. The largest absolute Gasteiger partial charge is 0.0801 e. The molecule has 13 heavy (non-hydrogen) atoms. The summed E-state index contributed by atoms with van der Waals surface area (Å²) in [5.41, 5.74) is 5.17. The van der Waals surface area contributed by atoms with Crippen LogP contribution < -0.4 is 0 Å². The van der Waals surface area contributed by atoms with Crippen molar-refractivity contribution in [2.75, 3.05) is 0 Å². The maximum atomic E-state index is 3.40. The Kier molecular flexibility index (Phi) is 1.31. The summed E-state index contributed by atoms with van der Waals surface area (Å²) in [6.45, 7) is 0. The first kappa shape index (κ1) is 6.90. The summed E-state index contributed by atoms with van der Waals surface area (Å²) < 4.78 is 0. The van der Waals surface area contributed by atoms with E-state index in [-0.39, 0.29) is 0 Å². The van der Waals surface area contributed by atoms with Crippen molar-refractivity contribution in [2.24, 2.45) is 0 Å². The molecule has 0 heterocycles. The van der Waals surface area contributed by atoms with Crippen molar-refractivity contribution >= 4 is 5.57 Å². The zero-order valence-electron chi connectivity index (χ0n) is 7.25. The Morgan fingerprint density at radius 2 is 2.08 bits per heavy atom. The Bertz CT molecular complexity index is 445. The summed E-state index contributed by atoms with van der Waals surface area (Å²) in [7, 11) is 0. The molecule has 0 unspecified atom stereocenters. The summed E-state index contributed by atoms with van der Waals surface area (Å²) in [6.07, 6.45) is 11.1. The first-order valence-corrected chi connectivity index (χ1v) is 4.55. The van der Waals surface area contributed by atoms with Crippen LogP contribution in [0.3, 0.4) is 0 Å². The van der Waals surface area contributed by atoms with E-state index in [0.717, 1.165) is 6.42 Å². The Morgan fingerprint density at radius 1 is 1.15 bits per heavy atom. The molecule has 1 aromatic rings. The van der Waals surface area contributed by atoms with Gasteiger partial charge in [0, 0.05) is 0 Å². The number of hydrogen-bond donors (Lipinski definition) is 0. The van der Waals surface area contributed by atoms with E-state index in [9.17, 15) is 0 Å². The monoisotopic (exact) mass is 165 g/mol. The van der Waals surface area contributed by atoms with Crippen molar-refractivity contribution in [3.8, 4) is 0 Å². The van der Waals surface area contributed by atoms with Crippen LogP contribution in [0.5, 0.6) is 0 Å². The van der Waals surface area contributed by atoms with Crippen LogP contribution in [0, 0.1) is 6.08 Å². The van der Waals surface area contributed by atoms with Crippen LogP contribution in [-0.2, 0) is 0 Å². The van der Waals surface area contributed by atoms with Crippen LogP contribution in [0.25, 0.3) is 5.57 Å². The molecule has 61 valence electrons. The third-order valence-corrected chi connectivity index (χ3v) is 2.52. The van der Waals surface area contributed by atoms with Crippen molar-refractivity contribution in [3.05, 3.63) is 65.3 Å². The fourth-order valence-corrected chi connectivity index (χ4v) is 1.91. The first-order chi connectivity index (χ1) is 6.45. The Hall–Kier alpha value is -1.56. The lowest BCUT2D eigenvalue weighted by Crippen LogP contribution is -1.85. The quantitative estimate of drug-likeness (QED) is 0.554. The van der Waals surface area contributed by atoms with Crippen molar-refractivity contribution in [1.82, 2.24) is 0 Å². The topological polar surface area (TPSA) is 0 Å². The van der Waals surface area contributed by atoms with Crippen LogP contribution in [-0.4, -0.2) is 0 Å². The second-order valence-electron chi connectivity index (χ2n) is 3.34. The summed E-state index contributed by atoms with van der Waals surface area (Å²) in [4.78, 5) is 0. The minimum atomic E-state index is 1.05. The van der Waals surface area contributed by atoms with Gasteiger partial charge in [0.25, 0.3) is 0 Å². The van der Waals surface area contributed by atoms with Crippen molar-refractivity contribution in [3.63, 3.8) is 0 Å². The third-order valence-electron chi connectivity index (χ3n) is 2.52. The molecule has 1 aromatic carbocycles. The predicted octanol–water partition coefficient (Wildman–Crippen LogP) is 3.12. The van der Waals surface area contributed by atoms with E-state index in [0.29, 0.717) is 0 Å². The summed E-state index contributed by atoms with van der Waals surface area (Å²) in [5.74, 6) is 0. The molecular formula is C13H9. The highest BCUT2D eigenvalue weighted by Gasteiger charge is 2.17. The van der Waals surface area contributed by atoms with Gasteiger partial charge in [0.05, 0.1) is 0 Å². The third kappa shape index (κ3) is 0.919. The molecule has 0 N–H and O–H groups in total. The molecule has 2 aliphatic rings. The fraction of sp³-hybridized carbons (Fsp3) is 0.0769. The van der Waals surface area contributed by atoms with Gasteiger partial charge in [-0.05, 0) is 34.8 Å². The van der Waals surface area contributed by atoms with Gasteiger partial charge in [0.2, 0.25) is 0 Å². The lowest BCUT2D eigenvalue weighted by atomic mass is 9.98. The van der Waals surface area contributed by atoms with Gasteiger partial charge in [-0.1, -0.05) is 42.5 Å². The average molecular weight is 165 g/mol. The molecular weight excluding hydrogens is 156 g/mol. The molecule has 0 saturated heterocycles. The van der Waals surface area contributed by atoms with E-state index in [1.165, 1.54) is 22.3 Å². The molecule has 0 spiro atoms. The molecule has 0 aliphatic heterocycles. The van der Waals surface area contributed by atoms with Gasteiger partial charge in [-0.3, -0.25) is 0 Å². The number of hydrogen-bond acceptors (Lipinski definition) is 0. The molecule has 0 amide bonds. The lowest BCUT2D eigenvalue weighted by molar-refractivity contribution is 1.36. The molecule has 3 rings (SSSR count). The maximum absolute atomic E-state index is 3.40. The molecule has 0 aromatic heterocycles. The molecule has 0 fully saturated rings. The van der Waals surface area contributed by atoms with E-state index >= 15 is 0 Å². The summed E-state index contributed by atoms with van der Waals surface area (Å²) in [5, 5.41) is 0. The zero-order valence-corrected chi connectivity index (χ0v) is 7.25. The maximum Gasteiger partial charge on any atom is -0.00141 e. The van der Waals surface area contributed by atoms with E-state index in [1.807, 2.05) is 0 Å². The minimum absolute atomic E-state index is 1.05. The standard InChI is InChI=1S/C13H9/c1-3-7-12-10(5-1)9-11-6-2-4-8-13(11)12/h1-3,5-8H,4H2. The van der Waals surface area contributed by atoms with E-state index in [4.69, 9.17) is 0 Å². The second kappa shape index (κ2) is 2.46. The van der Waals surface area contributed by atoms with Gasteiger partial charge in [-0.2, -0.15) is 0 Å². The minimum Gasteiger partial charge on any atom is -0.0801 e. The average Bonchev–Trinajstić information content (AvgIpc) is 2.56. The Morgan fingerprint density at radius 3 is 3.08 bits per heavy atom. The van der Waals surface area contributed by atoms with Gasteiger partial charge < -0.3 is 0 Å². The Balaban J connectivity index is 2.26. The Labute approximate surface area is 77.9 Å². The molecule has 0 bridgehead atoms. The molecule has 1 radical (unpaired) electrons. The molecule has 0 nitrogen and oxygen atoms in total. The van der Waals surface area contributed by atoms with Crippen LogP contribution >= 0.6 is 0 Å². The first-order valence-electron chi connectivity index (χ1n) is 4.55. The highest BCUT2D eigenvalue weighted by molar-refractivity contribution is 5.88. The van der Waals surface area contributed by atoms with E-state index in [2.05, 4.69) is 48.6 Å². The smallest absolute Gasteiger partial charge is 0.00141 e. The number of benzene rings is 1. The molecule has 0 heteroatoms. The SMILES string of the molecule is [C]1=C2C=CCC=C2c2ccccc21. The van der Waals surface area contributed by atoms with Gasteiger partial charge in [0.15, 0.2) is 0 Å². The summed E-state index contributed by atoms with van der Waals surface area (Å²) in [6, 6.07) is 8.44. The van der Waals surface area contributed by atoms with Gasteiger partial charge in [0.1, 0.15) is 0 Å². The van der Waals surface area contributed by atoms with Gasteiger partial charge in [-0.15, -0.1) is 0 Å². The normalized spacial score (nSPS) is 17.5. The van der Waals surface area contributed by atoms with Crippen LogP contribution in [0.4, 0.5) is 0 Å². The summed E-state index contributed by atoms with van der Waals surface area (Å²) >= 11 is 0. The molecule has 0 atom stereocenters. The molecule has 2 aliphatic carbocycles. The highest BCUT2D eigenvalue weighted by Crippen LogP contribution is 2.36. The van der Waals surface area contributed by atoms with Crippen molar-refractivity contribution < 1.29 is 0 Å². The van der Waals surface area contributed by atoms with Gasteiger partial charge >= 0.3 is 0 Å². The van der Waals surface area contributed by atoms with Gasteiger partial charge in [-0.25, -0.2) is 0 Å². The van der Waals surface area contributed by atoms with Crippen LogP contribution in [0.2, 0.25) is 0 Å². The molecule has 0 saturated carbocycles. The van der Waals surface area contributed by atoms with E-state index < -0.39 is 0 Å².